The number of pyridine rings is 1. The number of hydrogen-bond acceptors (Lipinski definition) is 2. The fraction of sp³-hybridized carbons (Fsp3) is 0.643. The lowest BCUT2D eigenvalue weighted by Gasteiger charge is -2.21. The standard InChI is InChI=1S/C14H17I2NO/c1-14(16)6-4-9-11(5-7-14)17-13-10(12(9)15)3-2-8-18-13/h2-8H2,1H3. The quantitative estimate of drug-likeness (QED) is 0.325. The molecular formula is C14H17I2NO. The number of nitrogens with zero attached hydrogens (tertiary/aromatic N) is 1. The van der Waals surface area contributed by atoms with E-state index in [9.17, 15) is 0 Å². The molecule has 18 heavy (non-hydrogen) atoms. The summed E-state index contributed by atoms with van der Waals surface area (Å²) in [5.74, 6) is 0.918. The Hall–Kier alpha value is 0.410. The lowest BCUT2D eigenvalue weighted by atomic mass is 10.0. The van der Waals surface area contributed by atoms with Gasteiger partial charge in [-0.05, 0) is 66.7 Å². The summed E-state index contributed by atoms with van der Waals surface area (Å²) in [6.45, 7) is 3.20. The molecule has 4 heteroatoms. The summed E-state index contributed by atoms with van der Waals surface area (Å²) in [7, 11) is 0. The lowest BCUT2D eigenvalue weighted by molar-refractivity contribution is 0.274. The summed E-state index contributed by atoms with van der Waals surface area (Å²) in [5, 5.41) is 0. The zero-order chi connectivity index (χ0) is 12.8. The smallest absolute Gasteiger partial charge is 0.217 e. The van der Waals surface area contributed by atoms with Crippen molar-refractivity contribution in [3.8, 4) is 5.88 Å². The van der Waals surface area contributed by atoms with Crippen LogP contribution in [0.3, 0.4) is 0 Å². The highest BCUT2D eigenvalue weighted by molar-refractivity contribution is 14.1. The Labute approximate surface area is 136 Å². The Morgan fingerprint density at radius 1 is 1.17 bits per heavy atom. The zero-order valence-corrected chi connectivity index (χ0v) is 14.9. The largest absolute Gasteiger partial charge is 0.477 e. The van der Waals surface area contributed by atoms with Crippen LogP contribution in [0.4, 0.5) is 0 Å². The second kappa shape index (κ2) is 5.07. The highest BCUT2D eigenvalue weighted by Crippen LogP contribution is 2.38. The SMILES string of the molecule is CC1(I)CCc2nc3c(c(I)c2CC1)CCCO3. The lowest BCUT2D eigenvalue weighted by Crippen LogP contribution is -2.14. The normalized spacial score (nSPS) is 26.8. The van der Waals surface area contributed by atoms with Crippen LogP contribution in [0.2, 0.25) is 0 Å². The molecule has 98 valence electrons. The molecule has 1 aromatic heterocycles. The first kappa shape index (κ1) is 13.4. The molecule has 3 rings (SSSR count). The maximum Gasteiger partial charge on any atom is 0.217 e. The van der Waals surface area contributed by atoms with Crippen molar-refractivity contribution in [3.05, 3.63) is 20.4 Å². The monoisotopic (exact) mass is 469 g/mol. The molecule has 0 aromatic carbocycles. The molecule has 1 aromatic rings. The molecule has 2 nitrogen and oxygen atoms in total. The van der Waals surface area contributed by atoms with Crippen LogP contribution in [0.1, 0.15) is 43.0 Å². The maximum absolute atomic E-state index is 5.75. The zero-order valence-electron chi connectivity index (χ0n) is 10.6. The minimum Gasteiger partial charge on any atom is -0.477 e. The molecule has 0 spiro atoms. The van der Waals surface area contributed by atoms with Gasteiger partial charge >= 0.3 is 0 Å². The van der Waals surface area contributed by atoms with Gasteiger partial charge in [-0.2, -0.15) is 0 Å². The van der Waals surface area contributed by atoms with Crippen molar-refractivity contribution in [1.82, 2.24) is 4.98 Å². The van der Waals surface area contributed by atoms with Gasteiger partial charge in [0.1, 0.15) is 0 Å². The molecule has 1 aliphatic carbocycles. The van der Waals surface area contributed by atoms with E-state index in [4.69, 9.17) is 9.72 Å². The summed E-state index contributed by atoms with van der Waals surface area (Å²) in [5.41, 5.74) is 4.15. The average molecular weight is 469 g/mol. The Morgan fingerprint density at radius 2 is 1.94 bits per heavy atom. The molecule has 0 amide bonds. The van der Waals surface area contributed by atoms with Gasteiger partial charge in [0.25, 0.3) is 0 Å². The predicted octanol–water partition coefficient (Wildman–Crippen LogP) is 4.08. The van der Waals surface area contributed by atoms with Crippen LogP contribution in [-0.2, 0) is 19.3 Å². The number of aromatic nitrogens is 1. The number of alkyl halides is 1. The molecule has 0 saturated heterocycles. The molecule has 1 unspecified atom stereocenters. The van der Waals surface area contributed by atoms with E-state index in [2.05, 4.69) is 52.1 Å². The van der Waals surface area contributed by atoms with Crippen LogP contribution >= 0.6 is 45.2 Å². The first-order valence-corrected chi connectivity index (χ1v) is 8.74. The fourth-order valence-electron chi connectivity index (χ4n) is 2.76. The van der Waals surface area contributed by atoms with Crippen molar-refractivity contribution >= 4 is 45.2 Å². The third-order valence-electron chi connectivity index (χ3n) is 3.96. The van der Waals surface area contributed by atoms with E-state index in [0.29, 0.717) is 3.42 Å². The fourth-order valence-corrected chi connectivity index (χ4v) is 4.39. The van der Waals surface area contributed by atoms with Gasteiger partial charge < -0.3 is 4.74 Å². The predicted molar refractivity (Wildman–Crippen MR) is 89.8 cm³/mol. The number of hydrogen-bond donors (Lipinski definition) is 0. The van der Waals surface area contributed by atoms with Crippen LogP contribution < -0.4 is 4.74 Å². The summed E-state index contributed by atoms with van der Waals surface area (Å²) in [6, 6.07) is 0. The van der Waals surface area contributed by atoms with Gasteiger partial charge in [0.15, 0.2) is 0 Å². The Balaban J connectivity index is 2.05. The van der Waals surface area contributed by atoms with E-state index in [1.807, 2.05) is 0 Å². The number of halogens is 2. The first-order chi connectivity index (χ1) is 8.57. The molecule has 2 aliphatic rings. The van der Waals surface area contributed by atoms with Crippen molar-refractivity contribution < 1.29 is 4.74 Å². The number of ether oxygens (including phenoxy) is 1. The minimum absolute atomic E-state index is 0.420. The number of aryl methyl sites for hydroxylation is 1. The van der Waals surface area contributed by atoms with E-state index in [0.717, 1.165) is 31.7 Å². The van der Waals surface area contributed by atoms with Crippen LogP contribution in [0.5, 0.6) is 5.88 Å². The van der Waals surface area contributed by atoms with Gasteiger partial charge in [0.05, 0.1) is 6.61 Å². The van der Waals surface area contributed by atoms with Crippen molar-refractivity contribution in [3.63, 3.8) is 0 Å². The Bertz CT molecular complexity index is 485. The number of rotatable bonds is 0. The topological polar surface area (TPSA) is 22.1 Å². The molecule has 0 N–H and O–H groups in total. The minimum atomic E-state index is 0.420. The molecule has 1 atom stereocenters. The maximum atomic E-state index is 5.75. The van der Waals surface area contributed by atoms with E-state index in [-0.39, 0.29) is 0 Å². The van der Waals surface area contributed by atoms with Crippen LogP contribution in [0.25, 0.3) is 0 Å². The van der Waals surface area contributed by atoms with Gasteiger partial charge in [-0.25, -0.2) is 4.98 Å². The summed E-state index contributed by atoms with van der Waals surface area (Å²) >= 11 is 5.13. The molecule has 2 heterocycles. The van der Waals surface area contributed by atoms with E-state index in [1.165, 1.54) is 39.7 Å². The molecule has 0 fully saturated rings. The second-order valence-corrected chi connectivity index (χ2v) is 9.18. The molecule has 0 saturated carbocycles. The van der Waals surface area contributed by atoms with E-state index < -0.39 is 0 Å². The van der Waals surface area contributed by atoms with Crippen LogP contribution in [0, 0.1) is 3.57 Å². The molecule has 0 radical (unpaired) electrons. The van der Waals surface area contributed by atoms with Crippen molar-refractivity contribution in [2.75, 3.05) is 6.61 Å². The van der Waals surface area contributed by atoms with E-state index >= 15 is 0 Å². The highest BCUT2D eigenvalue weighted by atomic mass is 127. The van der Waals surface area contributed by atoms with Gasteiger partial charge in [-0.3, -0.25) is 0 Å². The Kier molecular flexibility index (Phi) is 3.77. The highest BCUT2D eigenvalue weighted by Gasteiger charge is 2.28. The van der Waals surface area contributed by atoms with Crippen molar-refractivity contribution in [1.29, 1.82) is 0 Å². The third kappa shape index (κ3) is 2.51. The van der Waals surface area contributed by atoms with Crippen LogP contribution in [0.15, 0.2) is 0 Å². The van der Waals surface area contributed by atoms with E-state index in [1.54, 1.807) is 0 Å². The summed E-state index contributed by atoms with van der Waals surface area (Å²) in [4.78, 5) is 4.81. The molecular weight excluding hydrogens is 452 g/mol. The molecule has 1 aliphatic heterocycles. The van der Waals surface area contributed by atoms with Gasteiger partial charge in [0, 0.05) is 18.2 Å². The van der Waals surface area contributed by atoms with Crippen molar-refractivity contribution in [2.45, 2.75) is 48.9 Å². The second-order valence-electron chi connectivity index (χ2n) is 5.50. The van der Waals surface area contributed by atoms with Crippen LogP contribution in [-0.4, -0.2) is 15.0 Å². The average Bonchev–Trinajstić information content (AvgIpc) is 2.50. The third-order valence-corrected chi connectivity index (χ3v) is 6.34. The van der Waals surface area contributed by atoms with Gasteiger partial charge in [-0.15, -0.1) is 0 Å². The van der Waals surface area contributed by atoms with Crippen molar-refractivity contribution in [2.24, 2.45) is 0 Å². The molecule has 0 bridgehead atoms. The van der Waals surface area contributed by atoms with Gasteiger partial charge in [-0.1, -0.05) is 29.5 Å². The number of fused-ring (bicyclic) bond motifs is 2. The van der Waals surface area contributed by atoms with Gasteiger partial charge in [0.2, 0.25) is 5.88 Å². The first-order valence-electron chi connectivity index (χ1n) is 6.59. The summed E-state index contributed by atoms with van der Waals surface area (Å²) in [6.07, 6.45) is 7.03. The summed E-state index contributed by atoms with van der Waals surface area (Å²) < 4.78 is 7.60. The Morgan fingerprint density at radius 3 is 2.78 bits per heavy atom.